The van der Waals surface area contributed by atoms with Crippen molar-refractivity contribution in [3.05, 3.63) is 64.5 Å². The third-order valence-electron chi connectivity index (χ3n) is 6.56. The van der Waals surface area contributed by atoms with Crippen molar-refractivity contribution in [3.8, 4) is 16.9 Å². The average Bonchev–Trinajstić information content (AvgIpc) is 3.36. The normalized spacial score (nSPS) is 18.9. The molecule has 1 aliphatic carbocycles. The Kier molecular flexibility index (Phi) is 5.77. The smallest absolute Gasteiger partial charge is 0.387 e. The highest BCUT2D eigenvalue weighted by Gasteiger charge is 2.31. The Hall–Kier alpha value is -3.04. The number of hydrogen-bond donors (Lipinski definition) is 2. The van der Waals surface area contributed by atoms with Gasteiger partial charge in [-0.1, -0.05) is 18.5 Å². The maximum Gasteiger partial charge on any atom is 0.387 e. The van der Waals surface area contributed by atoms with Gasteiger partial charge in [-0.15, -0.1) is 0 Å². The van der Waals surface area contributed by atoms with Gasteiger partial charge < -0.3 is 14.8 Å². The minimum absolute atomic E-state index is 0.140. The highest BCUT2D eigenvalue weighted by atomic mass is 35.5. The molecule has 0 saturated heterocycles. The summed E-state index contributed by atoms with van der Waals surface area (Å²) < 4.78 is 46.8. The summed E-state index contributed by atoms with van der Waals surface area (Å²) in [6.45, 7) is 0.651. The highest BCUT2D eigenvalue weighted by molar-refractivity contribution is 6.31. The summed E-state index contributed by atoms with van der Waals surface area (Å²) in [5.74, 6) is -1.46. The van der Waals surface area contributed by atoms with Crippen LogP contribution in [0.3, 0.4) is 0 Å². The number of alkyl halides is 2. The molecular formula is C24H22ClF3N4O2. The molecule has 0 amide bonds. The number of nitrogens with one attached hydrogen (secondary N) is 1. The van der Waals surface area contributed by atoms with Crippen LogP contribution < -0.4 is 4.74 Å². The molecule has 3 heterocycles. The van der Waals surface area contributed by atoms with Crippen LogP contribution in [0.15, 0.2) is 36.8 Å². The van der Waals surface area contributed by atoms with Crippen molar-refractivity contribution in [1.82, 2.24) is 19.7 Å². The van der Waals surface area contributed by atoms with Gasteiger partial charge in [-0.3, -0.25) is 4.68 Å². The van der Waals surface area contributed by atoms with Crippen LogP contribution >= 0.6 is 11.6 Å². The van der Waals surface area contributed by atoms with Gasteiger partial charge in [0.2, 0.25) is 0 Å². The second-order valence-corrected chi connectivity index (χ2v) is 8.98. The number of pyridine rings is 1. The molecule has 0 radical (unpaired) electrons. The van der Waals surface area contributed by atoms with Crippen molar-refractivity contribution < 1.29 is 23.0 Å². The number of H-pyrrole nitrogens is 1. The molecule has 1 saturated carbocycles. The number of ether oxygens (including phenoxy) is 1. The van der Waals surface area contributed by atoms with E-state index in [1.807, 2.05) is 17.7 Å². The number of aromatic amines is 1. The number of aliphatic hydroxyl groups is 1. The number of halogens is 4. The molecule has 1 aliphatic rings. The van der Waals surface area contributed by atoms with E-state index in [1.54, 1.807) is 25.5 Å². The van der Waals surface area contributed by atoms with Crippen LogP contribution in [0.5, 0.6) is 5.75 Å². The van der Waals surface area contributed by atoms with Crippen LogP contribution in [-0.2, 0) is 0 Å². The molecule has 1 aromatic carbocycles. The number of benzene rings is 1. The SMILES string of the molecule is Cc1c(-c2cnc3[nH]cc(C(C)c4c(OC(F)F)ccc(F)c4Cl)c3c2)cnn1C1CC(O)C1. The summed E-state index contributed by atoms with van der Waals surface area (Å²) >= 11 is 6.20. The fourth-order valence-corrected chi connectivity index (χ4v) is 4.99. The van der Waals surface area contributed by atoms with Gasteiger partial charge in [-0.2, -0.15) is 13.9 Å². The first-order chi connectivity index (χ1) is 16.2. The Morgan fingerprint density at radius 3 is 2.74 bits per heavy atom. The zero-order valence-corrected chi connectivity index (χ0v) is 19.2. The molecule has 4 aromatic rings. The highest BCUT2D eigenvalue weighted by Crippen LogP contribution is 2.42. The molecule has 34 heavy (non-hydrogen) atoms. The van der Waals surface area contributed by atoms with E-state index in [0.717, 1.165) is 34.3 Å². The molecule has 1 atom stereocenters. The topological polar surface area (TPSA) is 76.0 Å². The molecule has 1 unspecified atom stereocenters. The average molecular weight is 491 g/mol. The maximum absolute atomic E-state index is 14.2. The van der Waals surface area contributed by atoms with E-state index in [0.29, 0.717) is 24.1 Å². The molecular weight excluding hydrogens is 469 g/mol. The van der Waals surface area contributed by atoms with Crippen LogP contribution in [-0.4, -0.2) is 37.6 Å². The number of aromatic nitrogens is 4. The Labute approximate surface area is 198 Å². The molecule has 3 aromatic heterocycles. The Morgan fingerprint density at radius 1 is 1.26 bits per heavy atom. The second kappa shape index (κ2) is 8.63. The molecule has 10 heteroatoms. The Morgan fingerprint density at radius 2 is 2.03 bits per heavy atom. The first-order valence-corrected chi connectivity index (χ1v) is 11.2. The lowest BCUT2D eigenvalue weighted by atomic mass is 9.89. The van der Waals surface area contributed by atoms with E-state index in [9.17, 15) is 18.3 Å². The van der Waals surface area contributed by atoms with Gasteiger partial charge in [0.05, 0.1) is 23.4 Å². The molecule has 5 rings (SSSR count). The zero-order chi connectivity index (χ0) is 24.1. The van der Waals surface area contributed by atoms with E-state index in [1.165, 1.54) is 0 Å². The zero-order valence-electron chi connectivity index (χ0n) is 18.4. The lowest BCUT2D eigenvalue weighted by molar-refractivity contribution is -0.0505. The largest absolute Gasteiger partial charge is 0.434 e. The lowest BCUT2D eigenvalue weighted by Gasteiger charge is -2.32. The van der Waals surface area contributed by atoms with Crippen molar-refractivity contribution in [2.45, 2.75) is 51.4 Å². The summed E-state index contributed by atoms with van der Waals surface area (Å²) in [4.78, 5) is 7.60. The molecule has 0 bridgehead atoms. The number of hydrogen-bond acceptors (Lipinski definition) is 4. The summed E-state index contributed by atoms with van der Waals surface area (Å²) in [5.41, 5.74) is 4.15. The Balaban J connectivity index is 1.56. The van der Waals surface area contributed by atoms with E-state index in [-0.39, 0.29) is 28.5 Å². The minimum atomic E-state index is -3.07. The predicted octanol–water partition coefficient (Wildman–Crippen LogP) is 5.98. The van der Waals surface area contributed by atoms with E-state index in [2.05, 4.69) is 19.8 Å². The van der Waals surface area contributed by atoms with Crippen LogP contribution in [0.25, 0.3) is 22.2 Å². The van der Waals surface area contributed by atoms with Crippen LogP contribution in [0.4, 0.5) is 13.2 Å². The van der Waals surface area contributed by atoms with E-state index in [4.69, 9.17) is 11.6 Å². The van der Waals surface area contributed by atoms with Crippen molar-refractivity contribution in [1.29, 1.82) is 0 Å². The molecule has 178 valence electrons. The number of nitrogens with zero attached hydrogens (tertiary/aromatic N) is 3. The molecule has 2 N–H and O–H groups in total. The van der Waals surface area contributed by atoms with Gasteiger partial charge in [0.25, 0.3) is 0 Å². The predicted molar refractivity (Wildman–Crippen MR) is 122 cm³/mol. The van der Waals surface area contributed by atoms with Crippen LogP contribution in [0, 0.1) is 12.7 Å². The molecule has 0 spiro atoms. The summed E-state index contributed by atoms with van der Waals surface area (Å²) in [6.07, 6.45) is 6.29. The fraction of sp³-hybridized carbons (Fsp3) is 0.333. The lowest BCUT2D eigenvalue weighted by Crippen LogP contribution is -2.31. The van der Waals surface area contributed by atoms with E-state index >= 15 is 0 Å². The number of rotatable bonds is 6. The molecule has 6 nitrogen and oxygen atoms in total. The Bertz CT molecular complexity index is 1360. The van der Waals surface area contributed by atoms with Crippen molar-refractivity contribution in [2.24, 2.45) is 0 Å². The van der Waals surface area contributed by atoms with Crippen LogP contribution in [0.1, 0.15) is 48.5 Å². The fourth-order valence-electron chi connectivity index (χ4n) is 4.67. The van der Waals surface area contributed by atoms with Crippen molar-refractivity contribution >= 4 is 22.6 Å². The van der Waals surface area contributed by atoms with Crippen molar-refractivity contribution in [3.63, 3.8) is 0 Å². The number of fused-ring (bicyclic) bond motifs is 1. The van der Waals surface area contributed by atoms with Crippen molar-refractivity contribution in [2.75, 3.05) is 0 Å². The first kappa shape index (κ1) is 22.7. The van der Waals surface area contributed by atoms with Gasteiger partial charge in [0.1, 0.15) is 17.2 Å². The van der Waals surface area contributed by atoms with Gasteiger partial charge >= 0.3 is 6.61 Å². The first-order valence-electron chi connectivity index (χ1n) is 10.9. The monoisotopic (exact) mass is 490 g/mol. The number of aliphatic hydroxyl groups excluding tert-OH is 1. The van der Waals surface area contributed by atoms with Gasteiger partial charge in [-0.25, -0.2) is 9.37 Å². The van der Waals surface area contributed by atoms with Gasteiger partial charge in [0.15, 0.2) is 0 Å². The standard InChI is InChI=1S/C24H22ClF3N4O2/c1-11(21-20(34-24(27)28)4-3-19(26)22(21)25)17-9-30-23-16(17)5-13(8-29-23)18-10-31-32(12(18)2)14-6-15(33)7-14/h3-5,8-11,14-15,24,33H,6-7H2,1-2H3,(H,29,30). The molecule has 0 aliphatic heterocycles. The van der Waals surface area contributed by atoms with Gasteiger partial charge in [-0.05, 0) is 43.5 Å². The minimum Gasteiger partial charge on any atom is -0.434 e. The summed E-state index contributed by atoms with van der Waals surface area (Å²) in [6, 6.07) is 4.28. The third kappa shape index (κ3) is 3.82. The second-order valence-electron chi connectivity index (χ2n) is 8.60. The molecule has 1 fully saturated rings. The van der Waals surface area contributed by atoms with Gasteiger partial charge in [0, 0.05) is 46.1 Å². The van der Waals surface area contributed by atoms with Crippen LogP contribution in [0.2, 0.25) is 5.02 Å². The third-order valence-corrected chi connectivity index (χ3v) is 6.95. The van der Waals surface area contributed by atoms with E-state index < -0.39 is 18.3 Å². The quantitative estimate of drug-likeness (QED) is 0.349. The maximum atomic E-state index is 14.2. The summed E-state index contributed by atoms with van der Waals surface area (Å²) in [7, 11) is 0. The summed E-state index contributed by atoms with van der Waals surface area (Å²) in [5, 5.41) is 14.6.